The number of phenols is 1. The average molecular weight is 383 g/mol. The molecular weight excluding hydrogens is 364 g/mol. The van der Waals surface area contributed by atoms with Crippen LogP contribution in [-0.4, -0.2) is 23.3 Å². The Labute approximate surface area is 162 Å². The number of hydrogen-bond acceptors (Lipinski definition) is 4. The number of hydrazone groups is 1. The molecule has 0 heterocycles. The van der Waals surface area contributed by atoms with Crippen molar-refractivity contribution in [1.82, 2.24) is 5.43 Å². The Morgan fingerprint density at radius 1 is 1.22 bits per heavy atom. The second kappa shape index (κ2) is 8.10. The van der Waals surface area contributed by atoms with Crippen LogP contribution in [0.5, 0.6) is 11.5 Å². The lowest BCUT2D eigenvalue weighted by atomic mass is 10.0. The molecule has 1 atom stereocenters. The van der Waals surface area contributed by atoms with E-state index in [1.807, 2.05) is 37.3 Å². The van der Waals surface area contributed by atoms with Crippen LogP contribution >= 0.6 is 11.6 Å². The Kier molecular flexibility index (Phi) is 5.62. The van der Waals surface area contributed by atoms with E-state index in [-0.39, 0.29) is 5.75 Å². The van der Waals surface area contributed by atoms with E-state index in [9.17, 15) is 9.90 Å². The molecule has 5 nitrogen and oxygen atoms in total. The van der Waals surface area contributed by atoms with E-state index in [0.717, 1.165) is 16.3 Å². The van der Waals surface area contributed by atoms with Crippen LogP contribution in [0.15, 0.2) is 59.7 Å². The fourth-order valence-corrected chi connectivity index (χ4v) is 2.74. The minimum Gasteiger partial charge on any atom is -0.507 e. The highest BCUT2D eigenvalue weighted by molar-refractivity contribution is 6.31. The fourth-order valence-electron chi connectivity index (χ4n) is 2.62. The molecular formula is C21H19ClN2O3. The van der Waals surface area contributed by atoms with Crippen LogP contribution in [0.25, 0.3) is 10.8 Å². The summed E-state index contributed by atoms with van der Waals surface area (Å²) in [5.41, 5.74) is 3.84. The van der Waals surface area contributed by atoms with E-state index in [2.05, 4.69) is 10.5 Å². The maximum Gasteiger partial charge on any atom is 0.280 e. The van der Waals surface area contributed by atoms with Gasteiger partial charge in [0.05, 0.1) is 6.21 Å². The van der Waals surface area contributed by atoms with Crippen LogP contribution in [0.2, 0.25) is 5.02 Å². The summed E-state index contributed by atoms with van der Waals surface area (Å²) in [6.07, 6.45) is 0.679. The lowest BCUT2D eigenvalue weighted by Gasteiger charge is -2.13. The van der Waals surface area contributed by atoms with Crippen molar-refractivity contribution in [2.75, 3.05) is 0 Å². The monoisotopic (exact) mass is 382 g/mol. The number of hydrogen-bond donors (Lipinski definition) is 2. The molecule has 3 aromatic carbocycles. The van der Waals surface area contributed by atoms with E-state index in [1.54, 1.807) is 31.2 Å². The maximum absolute atomic E-state index is 12.2. The van der Waals surface area contributed by atoms with Gasteiger partial charge >= 0.3 is 0 Å². The molecule has 3 aromatic rings. The largest absolute Gasteiger partial charge is 0.507 e. The number of amides is 1. The van der Waals surface area contributed by atoms with Gasteiger partial charge in [0.25, 0.3) is 5.91 Å². The van der Waals surface area contributed by atoms with E-state index < -0.39 is 12.0 Å². The normalized spacial score (nSPS) is 12.3. The van der Waals surface area contributed by atoms with Crippen LogP contribution in [0, 0.1) is 6.92 Å². The molecule has 0 spiro atoms. The van der Waals surface area contributed by atoms with Crippen molar-refractivity contribution < 1.29 is 14.6 Å². The zero-order valence-electron chi connectivity index (χ0n) is 14.9. The molecule has 0 saturated heterocycles. The highest BCUT2D eigenvalue weighted by atomic mass is 35.5. The number of fused-ring (bicyclic) bond motifs is 1. The summed E-state index contributed by atoms with van der Waals surface area (Å²) in [6, 6.07) is 16.2. The van der Waals surface area contributed by atoms with E-state index in [0.29, 0.717) is 16.3 Å². The molecule has 2 N–H and O–H groups in total. The Morgan fingerprint density at radius 3 is 2.78 bits per heavy atom. The first-order chi connectivity index (χ1) is 13.0. The minimum atomic E-state index is -0.746. The molecule has 6 heteroatoms. The van der Waals surface area contributed by atoms with Gasteiger partial charge in [0, 0.05) is 10.6 Å². The van der Waals surface area contributed by atoms with E-state index in [4.69, 9.17) is 16.3 Å². The molecule has 0 radical (unpaired) electrons. The summed E-state index contributed by atoms with van der Waals surface area (Å²) in [5.74, 6) is 0.237. The van der Waals surface area contributed by atoms with Gasteiger partial charge in [-0.2, -0.15) is 5.10 Å². The lowest BCUT2D eigenvalue weighted by molar-refractivity contribution is -0.127. The second-order valence-electron chi connectivity index (χ2n) is 6.12. The predicted octanol–water partition coefficient (Wildman–Crippen LogP) is 4.42. The summed E-state index contributed by atoms with van der Waals surface area (Å²) < 4.78 is 5.61. The van der Waals surface area contributed by atoms with Crippen molar-refractivity contribution in [3.05, 3.63) is 70.7 Å². The molecule has 0 aliphatic rings. The molecule has 1 amide bonds. The third-order valence-corrected chi connectivity index (χ3v) is 4.55. The van der Waals surface area contributed by atoms with E-state index in [1.165, 1.54) is 6.21 Å². The summed E-state index contributed by atoms with van der Waals surface area (Å²) in [4.78, 5) is 12.2. The number of ether oxygens (including phenoxy) is 1. The Hall–Kier alpha value is -3.05. The number of carbonyl (C=O) groups is 1. The minimum absolute atomic E-state index is 0.0904. The van der Waals surface area contributed by atoms with Gasteiger partial charge in [-0.25, -0.2) is 5.43 Å². The summed E-state index contributed by atoms with van der Waals surface area (Å²) in [5, 5.41) is 16.5. The Morgan fingerprint density at radius 2 is 2.00 bits per heavy atom. The number of carbonyl (C=O) groups excluding carboxylic acids is 1. The van der Waals surface area contributed by atoms with Gasteiger partial charge in [0.1, 0.15) is 11.5 Å². The highest BCUT2D eigenvalue weighted by Gasteiger charge is 2.14. The Bertz CT molecular complexity index is 1020. The van der Waals surface area contributed by atoms with Gasteiger partial charge in [-0.3, -0.25) is 4.79 Å². The quantitative estimate of drug-likeness (QED) is 0.506. The number of nitrogens with one attached hydrogen (secondary N) is 1. The van der Waals surface area contributed by atoms with Crippen LogP contribution < -0.4 is 10.2 Å². The molecule has 27 heavy (non-hydrogen) atoms. The lowest BCUT2D eigenvalue weighted by Crippen LogP contribution is -2.33. The van der Waals surface area contributed by atoms with Gasteiger partial charge in [-0.1, -0.05) is 41.9 Å². The van der Waals surface area contributed by atoms with Crippen molar-refractivity contribution in [1.29, 1.82) is 0 Å². The smallest absolute Gasteiger partial charge is 0.280 e. The van der Waals surface area contributed by atoms with Crippen LogP contribution in [0.3, 0.4) is 0 Å². The molecule has 0 fully saturated rings. The van der Waals surface area contributed by atoms with Crippen LogP contribution in [0.4, 0.5) is 0 Å². The summed E-state index contributed by atoms with van der Waals surface area (Å²) in [6.45, 7) is 3.49. The van der Waals surface area contributed by atoms with Gasteiger partial charge in [0.2, 0.25) is 0 Å². The molecule has 0 aliphatic carbocycles. The first-order valence-corrected chi connectivity index (χ1v) is 8.80. The van der Waals surface area contributed by atoms with Crippen molar-refractivity contribution in [2.24, 2.45) is 5.10 Å². The molecule has 0 unspecified atom stereocenters. The zero-order valence-corrected chi connectivity index (χ0v) is 15.7. The summed E-state index contributed by atoms with van der Waals surface area (Å²) in [7, 11) is 0. The van der Waals surface area contributed by atoms with Crippen LogP contribution in [-0.2, 0) is 4.79 Å². The van der Waals surface area contributed by atoms with Crippen molar-refractivity contribution in [2.45, 2.75) is 20.0 Å². The fraction of sp³-hybridized carbons (Fsp3) is 0.143. The number of aryl methyl sites for hydroxylation is 1. The molecule has 0 saturated carbocycles. The summed E-state index contributed by atoms with van der Waals surface area (Å²) >= 11 is 5.99. The second-order valence-corrected chi connectivity index (χ2v) is 6.53. The van der Waals surface area contributed by atoms with Gasteiger partial charge < -0.3 is 9.84 Å². The SMILES string of the molecule is Cc1cc(O[C@@H](C)C(=O)NN=Cc2c(O)ccc3ccccc23)ccc1Cl. The number of rotatable bonds is 5. The van der Waals surface area contributed by atoms with Crippen LogP contribution in [0.1, 0.15) is 18.1 Å². The topological polar surface area (TPSA) is 70.9 Å². The third-order valence-electron chi connectivity index (χ3n) is 4.13. The highest BCUT2D eigenvalue weighted by Crippen LogP contribution is 2.25. The number of halogens is 1. The number of aromatic hydroxyl groups is 1. The molecule has 0 bridgehead atoms. The average Bonchev–Trinajstić information content (AvgIpc) is 2.66. The first-order valence-electron chi connectivity index (χ1n) is 8.42. The zero-order chi connectivity index (χ0) is 19.4. The maximum atomic E-state index is 12.2. The van der Waals surface area contributed by atoms with Gasteiger partial charge in [-0.05, 0) is 54.4 Å². The molecule has 0 aromatic heterocycles. The first kappa shape index (κ1) is 18.7. The number of nitrogens with zero attached hydrogens (tertiary/aromatic N) is 1. The predicted molar refractivity (Wildman–Crippen MR) is 108 cm³/mol. The third kappa shape index (κ3) is 4.38. The van der Waals surface area contributed by atoms with Crippen molar-refractivity contribution >= 4 is 34.5 Å². The standard InChI is InChI=1S/C21H19ClN2O3/c1-13-11-16(8-9-19(13)22)27-14(2)21(26)24-23-12-18-17-6-4-3-5-15(17)7-10-20(18)25/h3-12,14,25H,1-2H3,(H,24,26)/t14-/m0/s1. The number of benzene rings is 3. The van der Waals surface area contributed by atoms with Gasteiger partial charge in [0.15, 0.2) is 6.10 Å². The molecule has 138 valence electrons. The molecule has 3 rings (SSSR count). The van der Waals surface area contributed by atoms with Crippen molar-refractivity contribution in [3.63, 3.8) is 0 Å². The van der Waals surface area contributed by atoms with Gasteiger partial charge in [-0.15, -0.1) is 0 Å². The number of phenolic OH excluding ortho intramolecular Hbond substituents is 1. The van der Waals surface area contributed by atoms with Crippen molar-refractivity contribution in [3.8, 4) is 11.5 Å². The Balaban J connectivity index is 1.68. The van der Waals surface area contributed by atoms with E-state index >= 15 is 0 Å². The molecule has 0 aliphatic heterocycles.